The predicted molar refractivity (Wildman–Crippen MR) is 91.4 cm³/mol. The van der Waals surface area contributed by atoms with Crippen LogP contribution in [-0.2, 0) is 9.53 Å². The summed E-state index contributed by atoms with van der Waals surface area (Å²) < 4.78 is 28.0. The minimum atomic E-state index is -1.09. The van der Waals surface area contributed by atoms with Crippen LogP contribution in [-0.4, -0.2) is 36.5 Å². The first-order valence-electron chi connectivity index (χ1n) is 7.76. The number of methoxy groups -OCH3 is 1. The molecule has 0 aromatic heterocycles. The molecule has 1 unspecified atom stereocenters. The van der Waals surface area contributed by atoms with Crippen molar-refractivity contribution in [2.45, 2.75) is 13.0 Å². The molecule has 0 spiro atoms. The van der Waals surface area contributed by atoms with Crippen molar-refractivity contribution in [2.75, 3.05) is 13.7 Å². The summed E-state index contributed by atoms with van der Waals surface area (Å²) in [7, 11) is 1.27. The van der Waals surface area contributed by atoms with Crippen LogP contribution in [0, 0.1) is 15.9 Å². The lowest BCUT2D eigenvalue weighted by atomic mass is 10.1. The highest BCUT2D eigenvalue weighted by molar-refractivity contribution is 6.00. The van der Waals surface area contributed by atoms with E-state index in [2.05, 4.69) is 0 Å². The van der Waals surface area contributed by atoms with Crippen molar-refractivity contribution in [3.63, 3.8) is 0 Å². The maximum atomic E-state index is 12.9. The molecule has 0 aliphatic heterocycles. The van der Waals surface area contributed by atoms with E-state index in [0.29, 0.717) is 0 Å². The number of halogens is 1. The van der Waals surface area contributed by atoms with Crippen LogP contribution in [0.5, 0.6) is 11.5 Å². The second-order valence-electron chi connectivity index (χ2n) is 5.38. The van der Waals surface area contributed by atoms with Gasteiger partial charge in [-0.2, -0.15) is 0 Å². The Labute approximate surface area is 153 Å². The van der Waals surface area contributed by atoms with Crippen LogP contribution < -0.4 is 9.47 Å². The van der Waals surface area contributed by atoms with Gasteiger partial charge in [0.25, 0.3) is 0 Å². The van der Waals surface area contributed by atoms with Crippen LogP contribution in [0.25, 0.3) is 0 Å². The Morgan fingerprint density at radius 1 is 1.19 bits per heavy atom. The summed E-state index contributed by atoms with van der Waals surface area (Å²) in [4.78, 5) is 34.2. The molecule has 27 heavy (non-hydrogen) atoms. The van der Waals surface area contributed by atoms with E-state index in [4.69, 9.17) is 14.2 Å². The van der Waals surface area contributed by atoms with Gasteiger partial charge < -0.3 is 14.2 Å². The zero-order chi connectivity index (χ0) is 20.0. The number of rotatable bonds is 8. The second kappa shape index (κ2) is 8.75. The first-order chi connectivity index (χ1) is 12.8. The van der Waals surface area contributed by atoms with Gasteiger partial charge in [-0.05, 0) is 37.3 Å². The highest BCUT2D eigenvalue weighted by atomic mass is 19.1. The Bertz CT molecular complexity index is 851. The third-order valence-electron chi connectivity index (χ3n) is 3.51. The quantitative estimate of drug-likeness (QED) is 0.301. The lowest BCUT2D eigenvalue weighted by molar-refractivity contribution is -0.385. The largest absolute Gasteiger partial charge is 0.490 e. The van der Waals surface area contributed by atoms with Crippen LogP contribution in [0.4, 0.5) is 10.1 Å². The van der Waals surface area contributed by atoms with Gasteiger partial charge >= 0.3 is 11.7 Å². The zero-order valence-electron chi connectivity index (χ0n) is 14.5. The van der Waals surface area contributed by atoms with Gasteiger partial charge in [-0.1, -0.05) is 0 Å². The minimum absolute atomic E-state index is 0.0225. The van der Waals surface area contributed by atoms with E-state index in [-0.39, 0.29) is 22.7 Å². The van der Waals surface area contributed by atoms with Crippen molar-refractivity contribution < 1.29 is 33.1 Å². The lowest BCUT2D eigenvalue weighted by Gasteiger charge is -2.13. The molecule has 0 saturated carbocycles. The summed E-state index contributed by atoms with van der Waals surface area (Å²) >= 11 is 0. The smallest absolute Gasteiger partial charge is 0.344 e. The van der Waals surface area contributed by atoms with Gasteiger partial charge in [0.05, 0.1) is 12.0 Å². The van der Waals surface area contributed by atoms with Crippen LogP contribution in [0.3, 0.4) is 0 Å². The molecular formula is C18H16FNO7. The number of Topliss-reactive ketones (excluding diaryl/α,β-unsaturated/α-hetero) is 1. The number of hydrogen-bond donors (Lipinski definition) is 0. The summed E-state index contributed by atoms with van der Waals surface area (Å²) in [5.41, 5.74) is -0.0383. The molecule has 8 nitrogen and oxygen atoms in total. The van der Waals surface area contributed by atoms with Crippen molar-refractivity contribution in [2.24, 2.45) is 0 Å². The van der Waals surface area contributed by atoms with Crippen molar-refractivity contribution >= 4 is 17.4 Å². The fourth-order valence-corrected chi connectivity index (χ4v) is 2.17. The number of esters is 1. The third kappa shape index (κ3) is 5.24. The number of hydrogen-bond acceptors (Lipinski definition) is 7. The number of nitro groups is 1. The Kier molecular flexibility index (Phi) is 6.42. The van der Waals surface area contributed by atoms with Gasteiger partial charge in [0.1, 0.15) is 11.6 Å². The van der Waals surface area contributed by atoms with Gasteiger partial charge in [-0.15, -0.1) is 0 Å². The van der Waals surface area contributed by atoms with Crippen molar-refractivity contribution in [3.8, 4) is 11.5 Å². The highest BCUT2D eigenvalue weighted by Crippen LogP contribution is 2.30. The molecule has 9 heteroatoms. The topological polar surface area (TPSA) is 105 Å². The van der Waals surface area contributed by atoms with Gasteiger partial charge in [-0.25, -0.2) is 9.18 Å². The predicted octanol–water partition coefficient (Wildman–Crippen LogP) is 2.94. The second-order valence-corrected chi connectivity index (χ2v) is 5.38. The van der Waals surface area contributed by atoms with E-state index in [9.17, 15) is 24.1 Å². The van der Waals surface area contributed by atoms with Gasteiger partial charge in [0, 0.05) is 17.7 Å². The van der Waals surface area contributed by atoms with E-state index < -0.39 is 35.2 Å². The van der Waals surface area contributed by atoms with Crippen LogP contribution in [0.15, 0.2) is 42.5 Å². The molecule has 2 aromatic rings. The van der Waals surface area contributed by atoms with Crippen LogP contribution >= 0.6 is 0 Å². The summed E-state index contributed by atoms with van der Waals surface area (Å²) in [6, 6.07) is 8.60. The first-order valence-corrected chi connectivity index (χ1v) is 7.76. The average Bonchev–Trinajstić information content (AvgIpc) is 2.65. The van der Waals surface area contributed by atoms with E-state index >= 15 is 0 Å². The molecule has 142 valence electrons. The SMILES string of the molecule is COc1cc(OCC(=O)OC(C)C(=O)c2ccc(F)cc2)ccc1[N+](=O)[O-]. The van der Waals surface area contributed by atoms with Gasteiger partial charge in [0.15, 0.2) is 12.7 Å². The minimum Gasteiger partial charge on any atom is -0.490 e. The van der Waals surface area contributed by atoms with Crippen molar-refractivity contribution in [3.05, 3.63) is 64.0 Å². The maximum Gasteiger partial charge on any atom is 0.344 e. The zero-order valence-corrected chi connectivity index (χ0v) is 14.5. The molecule has 0 radical (unpaired) electrons. The van der Waals surface area contributed by atoms with Crippen LogP contribution in [0.2, 0.25) is 0 Å². The molecule has 0 aliphatic rings. The number of carbonyl (C=O) groups is 2. The Morgan fingerprint density at radius 2 is 1.85 bits per heavy atom. The molecule has 2 aromatic carbocycles. The number of ether oxygens (including phenoxy) is 3. The number of nitrogens with zero attached hydrogens (tertiary/aromatic N) is 1. The maximum absolute atomic E-state index is 12.9. The average molecular weight is 377 g/mol. The molecule has 0 amide bonds. The van der Waals surface area contributed by atoms with E-state index in [1.807, 2.05) is 0 Å². The van der Waals surface area contributed by atoms with E-state index in [1.165, 1.54) is 44.4 Å². The normalized spacial score (nSPS) is 11.4. The fraction of sp³-hybridized carbons (Fsp3) is 0.222. The number of nitro benzene ring substituents is 1. The molecule has 0 N–H and O–H groups in total. The summed E-state index contributed by atoms with van der Waals surface area (Å²) in [6.07, 6.45) is -1.09. The highest BCUT2D eigenvalue weighted by Gasteiger charge is 2.20. The lowest BCUT2D eigenvalue weighted by Crippen LogP contribution is -2.27. The number of ketones is 1. The van der Waals surface area contributed by atoms with Crippen LogP contribution in [0.1, 0.15) is 17.3 Å². The Hall–Kier alpha value is -3.49. The van der Waals surface area contributed by atoms with Gasteiger partial charge in [-0.3, -0.25) is 14.9 Å². The fourth-order valence-electron chi connectivity index (χ4n) is 2.17. The summed E-state index contributed by atoms with van der Waals surface area (Å²) in [5.74, 6) is -1.64. The number of carbonyl (C=O) groups excluding carboxylic acids is 2. The summed E-state index contributed by atoms with van der Waals surface area (Å²) in [6.45, 7) is 0.875. The van der Waals surface area contributed by atoms with Crippen molar-refractivity contribution in [1.29, 1.82) is 0 Å². The monoisotopic (exact) mass is 377 g/mol. The molecule has 0 fully saturated rings. The molecule has 2 rings (SSSR count). The van der Waals surface area contributed by atoms with E-state index in [0.717, 1.165) is 12.1 Å². The van der Waals surface area contributed by atoms with Gasteiger partial charge in [0.2, 0.25) is 11.5 Å². The summed E-state index contributed by atoms with van der Waals surface area (Å²) in [5, 5.41) is 10.8. The molecule has 1 atom stereocenters. The standard InChI is InChI=1S/C18H16FNO7/c1-11(18(22)12-3-5-13(19)6-4-12)27-17(21)10-26-14-7-8-15(20(23)24)16(9-14)25-2/h3-9,11H,10H2,1-2H3. The van der Waals surface area contributed by atoms with Crippen molar-refractivity contribution in [1.82, 2.24) is 0 Å². The molecular weight excluding hydrogens is 361 g/mol. The Morgan fingerprint density at radius 3 is 2.44 bits per heavy atom. The van der Waals surface area contributed by atoms with E-state index in [1.54, 1.807) is 0 Å². The Balaban J connectivity index is 1.93. The molecule has 0 aliphatic carbocycles. The molecule has 0 bridgehead atoms. The third-order valence-corrected chi connectivity index (χ3v) is 3.51. The molecule has 0 heterocycles. The number of benzene rings is 2. The molecule has 0 saturated heterocycles. The first kappa shape index (κ1) is 19.8.